The summed E-state index contributed by atoms with van der Waals surface area (Å²) in [5.74, 6) is 0.378. The molecule has 1 aromatic carbocycles. The first-order valence-electron chi connectivity index (χ1n) is 5.97. The lowest BCUT2D eigenvalue weighted by Crippen LogP contribution is -2.19. The number of hydrogen-bond donors (Lipinski definition) is 1. The Hall–Kier alpha value is -1.39. The van der Waals surface area contributed by atoms with E-state index in [2.05, 4.69) is 10.3 Å². The van der Waals surface area contributed by atoms with E-state index in [4.69, 9.17) is 17.3 Å². The molecule has 1 heterocycles. The van der Waals surface area contributed by atoms with E-state index in [0.717, 1.165) is 23.6 Å². The highest BCUT2D eigenvalue weighted by atomic mass is 35.5. The van der Waals surface area contributed by atoms with Gasteiger partial charge in [-0.25, -0.2) is 0 Å². The molecule has 96 valence electrons. The molecule has 0 aliphatic rings. The highest BCUT2D eigenvalue weighted by molar-refractivity contribution is 6.30. The van der Waals surface area contributed by atoms with Crippen LogP contribution in [0.3, 0.4) is 0 Å². The van der Waals surface area contributed by atoms with Gasteiger partial charge in [0.25, 0.3) is 0 Å². The van der Waals surface area contributed by atoms with Gasteiger partial charge in [-0.05, 0) is 43.0 Å². The van der Waals surface area contributed by atoms with Crippen LogP contribution in [0.4, 0.5) is 0 Å². The first kappa shape index (κ1) is 13.1. The number of nitrogens with two attached hydrogens (primary N) is 1. The van der Waals surface area contributed by atoms with Crippen molar-refractivity contribution in [3.63, 3.8) is 0 Å². The Morgan fingerprint density at radius 1 is 1.28 bits per heavy atom. The second-order valence-electron chi connectivity index (χ2n) is 4.52. The fourth-order valence-corrected chi connectivity index (χ4v) is 2.10. The minimum atomic E-state index is 0.378. The van der Waals surface area contributed by atoms with Gasteiger partial charge in [0.05, 0.1) is 5.69 Å². The SMILES string of the molecule is Cn1cc(CC(CN)Cc2ccc(Cl)cc2)nn1. The van der Waals surface area contributed by atoms with Crippen LogP contribution in [0.15, 0.2) is 30.5 Å². The van der Waals surface area contributed by atoms with Crippen molar-refractivity contribution in [1.29, 1.82) is 0 Å². The quantitative estimate of drug-likeness (QED) is 0.896. The molecule has 18 heavy (non-hydrogen) atoms. The maximum absolute atomic E-state index is 5.87. The summed E-state index contributed by atoms with van der Waals surface area (Å²) >= 11 is 5.87. The van der Waals surface area contributed by atoms with Crippen molar-refractivity contribution < 1.29 is 0 Å². The van der Waals surface area contributed by atoms with E-state index in [-0.39, 0.29) is 0 Å². The lowest BCUT2D eigenvalue weighted by atomic mass is 9.95. The molecule has 0 amide bonds. The van der Waals surface area contributed by atoms with E-state index >= 15 is 0 Å². The third-order valence-corrected chi connectivity index (χ3v) is 3.17. The van der Waals surface area contributed by atoms with Crippen LogP contribution in [0.2, 0.25) is 5.02 Å². The van der Waals surface area contributed by atoms with Crippen LogP contribution >= 0.6 is 11.6 Å². The Morgan fingerprint density at radius 2 is 2.00 bits per heavy atom. The topological polar surface area (TPSA) is 56.7 Å². The summed E-state index contributed by atoms with van der Waals surface area (Å²) in [6.07, 6.45) is 3.72. The van der Waals surface area contributed by atoms with Gasteiger partial charge in [-0.1, -0.05) is 28.9 Å². The van der Waals surface area contributed by atoms with Crippen LogP contribution in [0.5, 0.6) is 0 Å². The predicted molar refractivity (Wildman–Crippen MR) is 72.4 cm³/mol. The molecule has 2 aromatic rings. The fourth-order valence-electron chi connectivity index (χ4n) is 1.98. The van der Waals surface area contributed by atoms with Crippen LogP contribution in [0.25, 0.3) is 0 Å². The van der Waals surface area contributed by atoms with Gasteiger partial charge in [0.1, 0.15) is 0 Å². The van der Waals surface area contributed by atoms with E-state index < -0.39 is 0 Å². The second kappa shape index (κ2) is 5.98. The normalized spacial score (nSPS) is 12.6. The van der Waals surface area contributed by atoms with E-state index in [1.165, 1.54) is 5.56 Å². The summed E-state index contributed by atoms with van der Waals surface area (Å²) in [5.41, 5.74) is 8.06. The predicted octanol–water partition coefficient (Wildman–Crippen LogP) is 1.83. The third-order valence-electron chi connectivity index (χ3n) is 2.92. The average Bonchev–Trinajstić information content (AvgIpc) is 2.77. The molecule has 0 radical (unpaired) electrons. The summed E-state index contributed by atoms with van der Waals surface area (Å²) in [6.45, 7) is 0.638. The van der Waals surface area contributed by atoms with E-state index in [1.807, 2.05) is 37.5 Å². The van der Waals surface area contributed by atoms with Crippen LogP contribution < -0.4 is 5.73 Å². The maximum atomic E-state index is 5.87. The monoisotopic (exact) mass is 264 g/mol. The molecule has 0 bridgehead atoms. The van der Waals surface area contributed by atoms with Gasteiger partial charge < -0.3 is 5.73 Å². The standard InChI is InChI=1S/C13H17ClN4/c1-18-9-13(16-17-18)7-11(8-15)6-10-2-4-12(14)5-3-10/h2-5,9,11H,6-8,15H2,1H3. The molecule has 0 aliphatic heterocycles. The van der Waals surface area contributed by atoms with Crippen LogP contribution in [-0.2, 0) is 19.9 Å². The van der Waals surface area contributed by atoms with E-state index in [1.54, 1.807) is 4.68 Å². The fraction of sp³-hybridized carbons (Fsp3) is 0.385. The first-order chi connectivity index (χ1) is 8.67. The number of aromatic nitrogens is 3. The molecule has 4 nitrogen and oxygen atoms in total. The highest BCUT2D eigenvalue weighted by Gasteiger charge is 2.11. The van der Waals surface area contributed by atoms with Crippen molar-refractivity contribution >= 4 is 11.6 Å². The molecule has 0 spiro atoms. The largest absolute Gasteiger partial charge is 0.330 e. The summed E-state index contributed by atoms with van der Waals surface area (Å²) in [4.78, 5) is 0. The minimum absolute atomic E-state index is 0.378. The van der Waals surface area contributed by atoms with Crippen LogP contribution in [-0.4, -0.2) is 21.5 Å². The zero-order valence-electron chi connectivity index (χ0n) is 10.4. The molecule has 0 fully saturated rings. The zero-order valence-corrected chi connectivity index (χ0v) is 11.1. The van der Waals surface area contributed by atoms with Gasteiger partial charge in [-0.2, -0.15) is 0 Å². The molecular formula is C13H17ClN4. The van der Waals surface area contributed by atoms with Gasteiger partial charge >= 0.3 is 0 Å². The van der Waals surface area contributed by atoms with Gasteiger partial charge in [-0.3, -0.25) is 4.68 Å². The number of hydrogen-bond acceptors (Lipinski definition) is 3. The van der Waals surface area contributed by atoms with Crippen molar-refractivity contribution in [2.24, 2.45) is 18.7 Å². The van der Waals surface area contributed by atoms with Crippen LogP contribution in [0, 0.1) is 5.92 Å². The van der Waals surface area contributed by atoms with Crippen molar-refractivity contribution in [3.05, 3.63) is 46.7 Å². The highest BCUT2D eigenvalue weighted by Crippen LogP contribution is 2.15. The third kappa shape index (κ3) is 3.55. The summed E-state index contributed by atoms with van der Waals surface area (Å²) < 4.78 is 1.71. The van der Waals surface area contributed by atoms with Crippen molar-refractivity contribution in [3.8, 4) is 0 Å². The first-order valence-corrected chi connectivity index (χ1v) is 6.35. The molecule has 5 heteroatoms. The van der Waals surface area contributed by atoms with Gasteiger partial charge in [0, 0.05) is 18.3 Å². The molecule has 1 unspecified atom stereocenters. The molecule has 2 rings (SSSR count). The summed E-state index contributed by atoms with van der Waals surface area (Å²) in [5, 5.41) is 8.79. The minimum Gasteiger partial charge on any atom is -0.330 e. The lowest BCUT2D eigenvalue weighted by Gasteiger charge is -2.13. The number of rotatable bonds is 5. The second-order valence-corrected chi connectivity index (χ2v) is 4.96. The number of benzene rings is 1. The lowest BCUT2D eigenvalue weighted by molar-refractivity contribution is 0.526. The van der Waals surface area contributed by atoms with E-state index in [0.29, 0.717) is 12.5 Å². The molecule has 0 saturated carbocycles. The molecule has 1 aromatic heterocycles. The Balaban J connectivity index is 1.99. The summed E-state index contributed by atoms with van der Waals surface area (Å²) in [6, 6.07) is 7.91. The number of nitrogens with zero attached hydrogens (tertiary/aromatic N) is 3. The number of halogens is 1. The van der Waals surface area contributed by atoms with Gasteiger partial charge in [0.15, 0.2) is 0 Å². The maximum Gasteiger partial charge on any atom is 0.0830 e. The molecule has 1 atom stereocenters. The Bertz CT molecular complexity index is 492. The Labute approximate surface area is 112 Å². The van der Waals surface area contributed by atoms with Crippen molar-refractivity contribution in [2.75, 3.05) is 6.54 Å². The molecule has 2 N–H and O–H groups in total. The van der Waals surface area contributed by atoms with Crippen molar-refractivity contribution in [1.82, 2.24) is 15.0 Å². The van der Waals surface area contributed by atoms with Crippen molar-refractivity contribution in [2.45, 2.75) is 12.8 Å². The number of aryl methyl sites for hydroxylation is 1. The Kier molecular flexibility index (Phi) is 4.33. The van der Waals surface area contributed by atoms with Gasteiger partial charge in [0.2, 0.25) is 0 Å². The molecule has 0 saturated heterocycles. The van der Waals surface area contributed by atoms with E-state index in [9.17, 15) is 0 Å². The zero-order chi connectivity index (χ0) is 13.0. The van der Waals surface area contributed by atoms with Crippen LogP contribution in [0.1, 0.15) is 11.3 Å². The summed E-state index contributed by atoms with van der Waals surface area (Å²) in [7, 11) is 1.87. The molecular weight excluding hydrogens is 248 g/mol. The van der Waals surface area contributed by atoms with Gasteiger partial charge in [-0.15, -0.1) is 5.10 Å². The smallest absolute Gasteiger partial charge is 0.0830 e. The molecule has 0 aliphatic carbocycles. The average molecular weight is 265 g/mol. The Morgan fingerprint density at radius 3 is 2.56 bits per heavy atom.